The first-order valence-corrected chi connectivity index (χ1v) is 4.90. The Balaban J connectivity index is 2.01. The molecule has 3 rings (SSSR count). The third-order valence-electron chi connectivity index (χ3n) is 3.14. The molecule has 1 aromatic heterocycles. The lowest BCUT2D eigenvalue weighted by atomic mass is 10.0. The topological polar surface area (TPSA) is 22.1 Å². The van der Waals surface area contributed by atoms with Crippen molar-refractivity contribution in [2.75, 3.05) is 13.2 Å². The van der Waals surface area contributed by atoms with Gasteiger partial charge >= 0.3 is 0 Å². The molecule has 0 bridgehead atoms. The molecule has 2 heterocycles. The van der Waals surface area contributed by atoms with Gasteiger partial charge in [-0.05, 0) is 24.5 Å². The Morgan fingerprint density at radius 3 is 3.08 bits per heavy atom. The number of aromatic nitrogens is 1. The molecule has 1 aliphatic heterocycles. The second-order valence-electron chi connectivity index (χ2n) is 3.92. The minimum Gasteiger partial charge on any atom is -0.380 e. The van der Waals surface area contributed by atoms with Gasteiger partial charge in [-0.1, -0.05) is 17.7 Å². The van der Waals surface area contributed by atoms with E-state index in [2.05, 4.69) is 11.1 Å². The Labute approximate surface area is 81.9 Å². The predicted molar refractivity (Wildman–Crippen MR) is 49.9 cm³/mol. The predicted octanol–water partition coefficient (Wildman–Crippen LogP) is 2.02. The molecule has 2 atom stereocenters. The van der Waals surface area contributed by atoms with Crippen LogP contribution in [0, 0.1) is 5.92 Å². The fraction of sp³-hybridized carbons (Fsp3) is 0.500. The zero-order chi connectivity index (χ0) is 8.89. The van der Waals surface area contributed by atoms with Crippen LogP contribution in [0.25, 0.3) is 0 Å². The highest BCUT2D eigenvalue weighted by atomic mass is 35.5. The zero-order valence-electron chi connectivity index (χ0n) is 7.16. The van der Waals surface area contributed by atoms with Gasteiger partial charge in [-0.15, -0.1) is 0 Å². The van der Waals surface area contributed by atoms with E-state index in [1.165, 1.54) is 6.42 Å². The number of fused-ring (bicyclic) bond motifs is 1. The van der Waals surface area contributed by atoms with Gasteiger partial charge in [0.1, 0.15) is 5.15 Å². The molecule has 0 aromatic carbocycles. The zero-order valence-corrected chi connectivity index (χ0v) is 7.92. The molecule has 1 aromatic rings. The minimum atomic E-state index is 0.227. The summed E-state index contributed by atoms with van der Waals surface area (Å²) in [6, 6.07) is 5.84. The van der Waals surface area contributed by atoms with Gasteiger partial charge in [0.15, 0.2) is 0 Å². The molecule has 2 unspecified atom stereocenters. The summed E-state index contributed by atoms with van der Waals surface area (Å²) < 4.78 is 5.42. The summed E-state index contributed by atoms with van der Waals surface area (Å²) in [6.45, 7) is 1.72. The Hall–Kier alpha value is -0.600. The molecule has 1 aliphatic carbocycles. The van der Waals surface area contributed by atoms with E-state index in [9.17, 15) is 0 Å². The van der Waals surface area contributed by atoms with E-state index in [-0.39, 0.29) is 5.41 Å². The van der Waals surface area contributed by atoms with Crippen molar-refractivity contribution in [3.05, 3.63) is 29.0 Å². The molecule has 1 saturated carbocycles. The average molecular weight is 196 g/mol. The number of rotatable bonds is 1. The first-order valence-electron chi connectivity index (χ1n) is 4.52. The first-order chi connectivity index (χ1) is 6.31. The highest BCUT2D eigenvalue weighted by Gasteiger charge is 2.60. The van der Waals surface area contributed by atoms with Crippen molar-refractivity contribution in [3.63, 3.8) is 0 Å². The quantitative estimate of drug-likeness (QED) is 0.640. The van der Waals surface area contributed by atoms with Crippen LogP contribution in [0.1, 0.15) is 12.1 Å². The lowest BCUT2D eigenvalue weighted by molar-refractivity contribution is 0.159. The van der Waals surface area contributed by atoms with Crippen molar-refractivity contribution in [1.29, 1.82) is 0 Å². The maximum Gasteiger partial charge on any atom is 0.129 e. The van der Waals surface area contributed by atoms with Gasteiger partial charge in [0, 0.05) is 5.41 Å². The number of hydrogen-bond acceptors (Lipinski definition) is 2. The second-order valence-corrected chi connectivity index (χ2v) is 4.31. The molecular formula is C10H10ClNO. The lowest BCUT2D eigenvalue weighted by Crippen LogP contribution is -2.12. The fourth-order valence-electron chi connectivity index (χ4n) is 2.23. The molecule has 2 aliphatic rings. The third-order valence-corrected chi connectivity index (χ3v) is 3.35. The van der Waals surface area contributed by atoms with Crippen LogP contribution in [0.3, 0.4) is 0 Å². The fourth-order valence-corrected chi connectivity index (χ4v) is 2.40. The molecule has 2 fully saturated rings. The highest BCUT2D eigenvalue weighted by molar-refractivity contribution is 6.29. The number of halogens is 1. The number of pyridine rings is 1. The smallest absolute Gasteiger partial charge is 0.129 e. The van der Waals surface area contributed by atoms with Crippen molar-refractivity contribution in [2.24, 2.45) is 5.92 Å². The van der Waals surface area contributed by atoms with Crippen molar-refractivity contribution in [1.82, 2.24) is 4.98 Å². The molecule has 13 heavy (non-hydrogen) atoms. The van der Waals surface area contributed by atoms with E-state index >= 15 is 0 Å². The van der Waals surface area contributed by atoms with Crippen LogP contribution in [0.15, 0.2) is 18.2 Å². The van der Waals surface area contributed by atoms with Crippen LogP contribution < -0.4 is 0 Å². The van der Waals surface area contributed by atoms with Gasteiger partial charge in [-0.25, -0.2) is 4.98 Å². The Morgan fingerprint density at radius 1 is 1.54 bits per heavy atom. The molecule has 0 amide bonds. The van der Waals surface area contributed by atoms with E-state index in [0.717, 1.165) is 18.9 Å². The monoisotopic (exact) mass is 195 g/mol. The van der Waals surface area contributed by atoms with E-state index < -0.39 is 0 Å². The maximum atomic E-state index is 5.85. The van der Waals surface area contributed by atoms with Crippen LogP contribution in [0.2, 0.25) is 5.15 Å². The van der Waals surface area contributed by atoms with E-state index in [1.807, 2.05) is 12.1 Å². The van der Waals surface area contributed by atoms with Crippen LogP contribution in [0.4, 0.5) is 0 Å². The maximum absolute atomic E-state index is 5.85. The molecule has 1 saturated heterocycles. The normalized spacial score (nSPS) is 35.9. The number of nitrogens with zero attached hydrogens (tertiary/aromatic N) is 1. The standard InChI is InChI=1S/C10H10ClNO/c11-9-3-1-2-8(12-9)10-4-7(10)5-13-6-10/h1-3,7H,4-6H2. The highest BCUT2D eigenvalue weighted by Crippen LogP contribution is 2.57. The molecule has 2 nitrogen and oxygen atoms in total. The van der Waals surface area contributed by atoms with Crippen molar-refractivity contribution >= 4 is 11.6 Å². The van der Waals surface area contributed by atoms with Crippen molar-refractivity contribution in [2.45, 2.75) is 11.8 Å². The first kappa shape index (κ1) is 7.77. The SMILES string of the molecule is Clc1cccc(C23COCC2C3)n1. The molecular weight excluding hydrogens is 186 g/mol. The average Bonchev–Trinajstić information content (AvgIpc) is 2.70. The summed E-state index contributed by atoms with van der Waals surface area (Å²) in [7, 11) is 0. The van der Waals surface area contributed by atoms with Crippen LogP contribution in [-0.4, -0.2) is 18.2 Å². The van der Waals surface area contributed by atoms with Gasteiger partial charge in [0.2, 0.25) is 0 Å². The molecule has 0 N–H and O–H groups in total. The Morgan fingerprint density at radius 2 is 2.46 bits per heavy atom. The summed E-state index contributed by atoms with van der Waals surface area (Å²) in [5.74, 6) is 0.693. The molecule has 0 radical (unpaired) electrons. The van der Waals surface area contributed by atoms with Gasteiger partial charge in [0.05, 0.1) is 18.9 Å². The van der Waals surface area contributed by atoms with Gasteiger partial charge in [-0.3, -0.25) is 0 Å². The largest absolute Gasteiger partial charge is 0.380 e. The summed E-state index contributed by atoms with van der Waals surface area (Å²) in [5, 5.41) is 0.587. The van der Waals surface area contributed by atoms with Crippen LogP contribution in [-0.2, 0) is 10.2 Å². The third kappa shape index (κ3) is 1.02. The second kappa shape index (κ2) is 2.46. The van der Waals surface area contributed by atoms with Gasteiger partial charge in [0.25, 0.3) is 0 Å². The van der Waals surface area contributed by atoms with Crippen molar-refractivity contribution < 1.29 is 4.74 Å². The Kier molecular flexibility index (Phi) is 1.47. The molecule has 68 valence electrons. The Bertz CT molecular complexity index is 355. The summed E-state index contributed by atoms with van der Waals surface area (Å²) in [5.41, 5.74) is 1.34. The summed E-state index contributed by atoms with van der Waals surface area (Å²) in [4.78, 5) is 4.35. The van der Waals surface area contributed by atoms with Crippen LogP contribution >= 0.6 is 11.6 Å². The van der Waals surface area contributed by atoms with E-state index in [1.54, 1.807) is 0 Å². The lowest BCUT2D eigenvalue weighted by Gasteiger charge is -2.09. The van der Waals surface area contributed by atoms with Crippen molar-refractivity contribution in [3.8, 4) is 0 Å². The van der Waals surface area contributed by atoms with E-state index in [0.29, 0.717) is 11.1 Å². The van der Waals surface area contributed by atoms with E-state index in [4.69, 9.17) is 16.3 Å². The minimum absolute atomic E-state index is 0.227. The molecule has 0 spiro atoms. The number of hydrogen-bond donors (Lipinski definition) is 0. The number of ether oxygens (including phenoxy) is 1. The summed E-state index contributed by atoms with van der Waals surface area (Å²) >= 11 is 5.85. The molecule has 3 heteroatoms. The van der Waals surface area contributed by atoms with Crippen LogP contribution in [0.5, 0.6) is 0 Å². The van der Waals surface area contributed by atoms with Gasteiger partial charge < -0.3 is 4.74 Å². The van der Waals surface area contributed by atoms with Gasteiger partial charge in [-0.2, -0.15) is 0 Å². The summed E-state index contributed by atoms with van der Waals surface area (Å²) in [6.07, 6.45) is 1.22.